The molecule has 1 unspecified atom stereocenters. The highest BCUT2D eigenvalue weighted by atomic mass is 35.5. The molecular formula is C14H15Cl2F3N2O. The Morgan fingerprint density at radius 1 is 1.36 bits per heavy atom. The van der Waals surface area contributed by atoms with Crippen LogP contribution in [0.2, 0.25) is 10.0 Å². The molecule has 1 aliphatic rings. The normalized spacial score (nSPS) is 18.5. The lowest BCUT2D eigenvalue weighted by Crippen LogP contribution is -2.43. The summed E-state index contributed by atoms with van der Waals surface area (Å²) in [5.74, 6) is -0.500. The van der Waals surface area contributed by atoms with Gasteiger partial charge in [0, 0.05) is 24.2 Å². The maximum Gasteiger partial charge on any atom is 0.390 e. The van der Waals surface area contributed by atoms with E-state index in [1.807, 2.05) is 0 Å². The summed E-state index contributed by atoms with van der Waals surface area (Å²) in [5, 5.41) is 3.56. The van der Waals surface area contributed by atoms with Gasteiger partial charge in [-0.25, -0.2) is 0 Å². The molecule has 3 nitrogen and oxygen atoms in total. The number of carbonyl (C=O) groups excluding carboxylic acids is 1. The molecule has 0 saturated carbocycles. The number of amides is 1. The smallest absolute Gasteiger partial charge is 0.334 e. The number of nitrogens with one attached hydrogen (secondary N) is 1. The summed E-state index contributed by atoms with van der Waals surface area (Å²) in [4.78, 5) is 13.8. The molecule has 22 heavy (non-hydrogen) atoms. The number of rotatable bonds is 4. The van der Waals surface area contributed by atoms with Crippen molar-refractivity contribution in [1.29, 1.82) is 0 Å². The summed E-state index contributed by atoms with van der Waals surface area (Å²) in [5.41, 5.74) is 0.167. The Labute approximate surface area is 136 Å². The van der Waals surface area contributed by atoms with Crippen LogP contribution >= 0.6 is 23.2 Å². The van der Waals surface area contributed by atoms with Gasteiger partial charge >= 0.3 is 6.18 Å². The van der Waals surface area contributed by atoms with E-state index in [1.54, 1.807) is 0 Å². The molecule has 0 spiro atoms. The average Bonchev–Trinajstić information content (AvgIpc) is 2.91. The van der Waals surface area contributed by atoms with Crippen molar-refractivity contribution in [2.75, 3.05) is 19.6 Å². The van der Waals surface area contributed by atoms with Crippen LogP contribution in [0.1, 0.15) is 23.2 Å². The second-order valence-corrected chi connectivity index (χ2v) is 5.98. The predicted octanol–water partition coefficient (Wildman–Crippen LogP) is 3.75. The summed E-state index contributed by atoms with van der Waals surface area (Å²) in [7, 11) is 0. The molecule has 8 heteroatoms. The first-order valence-corrected chi connectivity index (χ1v) is 7.57. The van der Waals surface area contributed by atoms with Gasteiger partial charge in [-0.05, 0) is 31.2 Å². The highest BCUT2D eigenvalue weighted by molar-refractivity contribution is 6.36. The van der Waals surface area contributed by atoms with Crippen LogP contribution in [0.4, 0.5) is 13.2 Å². The fourth-order valence-electron chi connectivity index (χ4n) is 2.42. The van der Waals surface area contributed by atoms with E-state index in [2.05, 4.69) is 5.32 Å². The molecule has 1 amide bonds. The van der Waals surface area contributed by atoms with Crippen LogP contribution < -0.4 is 5.32 Å². The molecule has 1 aromatic rings. The van der Waals surface area contributed by atoms with Gasteiger partial charge in [0.15, 0.2) is 0 Å². The lowest BCUT2D eigenvalue weighted by Gasteiger charge is -2.29. The predicted molar refractivity (Wildman–Crippen MR) is 79.4 cm³/mol. The number of halogens is 5. The molecular weight excluding hydrogens is 340 g/mol. The third-order valence-corrected chi connectivity index (χ3v) is 4.08. The number of benzene rings is 1. The van der Waals surface area contributed by atoms with Gasteiger partial charge in [-0.1, -0.05) is 23.2 Å². The summed E-state index contributed by atoms with van der Waals surface area (Å²) in [6.45, 7) is 0.775. The molecule has 122 valence electrons. The van der Waals surface area contributed by atoms with E-state index in [0.717, 1.165) is 0 Å². The third kappa shape index (κ3) is 4.51. The van der Waals surface area contributed by atoms with Crippen LogP contribution in [-0.2, 0) is 0 Å². The Kier molecular flexibility index (Phi) is 5.58. The molecule has 1 aliphatic heterocycles. The fraction of sp³-hybridized carbons (Fsp3) is 0.500. The largest absolute Gasteiger partial charge is 0.390 e. The molecule has 0 aliphatic carbocycles. The minimum atomic E-state index is -4.31. The van der Waals surface area contributed by atoms with Crippen molar-refractivity contribution in [3.05, 3.63) is 33.8 Å². The Bertz CT molecular complexity index is 545. The standard InChI is InChI=1S/C14H15Cl2F3N2O/c15-9-1-2-11(12(16)7-9)13(22)21(6-4-14(17,18)19)10-3-5-20-8-10/h1-2,7,10,20H,3-6,8H2. The van der Waals surface area contributed by atoms with E-state index in [0.29, 0.717) is 24.5 Å². The Morgan fingerprint density at radius 2 is 2.09 bits per heavy atom. The van der Waals surface area contributed by atoms with Gasteiger partial charge in [0.2, 0.25) is 0 Å². The van der Waals surface area contributed by atoms with E-state index in [4.69, 9.17) is 23.2 Å². The summed E-state index contributed by atoms with van der Waals surface area (Å²) >= 11 is 11.8. The Balaban J connectivity index is 2.21. The van der Waals surface area contributed by atoms with E-state index in [9.17, 15) is 18.0 Å². The molecule has 1 saturated heterocycles. The van der Waals surface area contributed by atoms with Crippen LogP contribution in [0.5, 0.6) is 0 Å². The van der Waals surface area contributed by atoms with Gasteiger partial charge in [-0.3, -0.25) is 4.79 Å². The Hall–Kier alpha value is -0.980. The van der Waals surface area contributed by atoms with Crippen LogP contribution in [0.25, 0.3) is 0 Å². The van der Waals surface area contributed by atoms with Crippen LogP contribution in [0.3, 0.4) is 0 Å². The number of hydrogen-bond acceptors (Lipinski definition) is 2. The number of hydrogen-bond donors (Lipinski definition) is 1. The lowest BCUT2D eigenvalue weighted by atomic mass is 10.1. The zero-order valence-corrected chi connectivity index (χ0v) is 13.1. The first-order valence-electron chi connectivity index (χ1n) is 6.81. The van der Waals surface area contributed by atoms with Crippen molar-refractivity contribution in [2.45, 2.75) is 25.1 Å². The monoisotopic (exact) mass is 354 g/mol. The van der Waals surface area contributed by atoms with Crippen molar-refractivity contribution in [1.82, 2.24) is 10.2 Å². The lowest BCUT2D eigenvalue weighted by molar-refractivity contribution is -0.137. The molecule has 1 atom stereocenters. The highest BCUT2D eigenvalue weighted by Gasteiger charge is 2.33. The molecule has 1 fully saturated rings. The first kappa shape index (κ1) is 17.4. The average molecular weight is 355 g/mol. The van der Waals surface area contributed by atoms with Crippen molar-refractivity contribution in [2.24, 2.45) is 0 Å². The summed E-state index contributed by atoms with van der Waals surface area (Å²) in [6, 6.07) is 4.08. The SMILES string of the molecule is O=C(c1ccc(Cl)cc1Cl)N(CCC(F)(F)F)C1CCNC1. The van der Waals surface area contributed by atoms with Gasteiger partial charge in [0.1, 0.15) is 0 Å². The molecule has 0 aromatic heterocycles. The fourth-order valence-corrected chi connectivity index (χ4v) is 2.91. The van der Waals surface area contributed by atoms with Crippen LogP contribution in [-0.4, -0.2) is 42.7 Å². The van der Waals surface area contributed by atoms with Crippen molar-refractivity contribution in [3.63, 3.8) is 0 Å². The third-order valence-electron chi connectivity index (χ3n) is 3.53. The zero-order chi connectivity index (χ0) is 16.3. The summed E-state index contributed by atoms with van der Waals surface area (Å²) < 4.78 is 37.5. The van der Waals surface area contributed by atoms with E-state index in [1.165, 1.54) is 23.1 Å². The number of carbonyl (C=O) groups is 1. The van der Waals surface area contributed by atoms with Crippen molar-refractivity contribution < 1.29 is 18.0 Å². The van der Waals surface area contributed by atoms with E-state index < -0.39 is 18.5 Å². The van der Waals surface area contributed by atoms with Crippen LogP contribution in [0.15, 0.2) is 18.2 Å². The van der Waals surface area contributed by atoms with E-state index in [-0.39, 0.29) is 23.2 Å². The van der Waals surface area contributed by atoms with Gasteiger partial charge in [-0.15, -0.1) is 0 Å². The first-order chi connectivity index (χ1) is 10.3. The second kappa shape index (κ2) is 7.06. The maximum atomic E-state index is 12.6. The molecule has 2 rings (SSSR count). The van der Waals surface area contributed by atoms with Crippen molar-refractivity contribution >= 4 is 29.1 Å². The molecule has 0 bridgehead atoms. The van der Waals surface area contributed by atoms with Crippen LogP contribution in [0, 0.1) is 0 Å². The maximum absolute atomic E-state index is 12.6. The van der Waals surface area contributed by atoms with Crippen molar-refractivity contribution in [3.8, 4) is 0 Å². The van der Waals surface area contributed by atoms with E-state index >= 15 is 0 Å². The number of nitrogens with zero attached hydrogens (tertiary/aromatic N) is 1. The number of alkyl halides is 3. The Morgan fingerprint density at radius 3 is 2.64 bits per heavy atom. The topological polar surface area (TPSA) is 32.3 Å². The van der Waals surface area contributed by atoms with Gasteiger partial charge < -0.3 is 10.2 Å². The molecule has 1 N–H and O–H groups in total. The van der Waals surface area contributed by atoms with Gasteiger partial charge in [0.05, 0.1) is 17.0 Å². The molecule has 0 radical (unpaired) electrons. The zero-order valence-electron chi connectivity index (χ0n) is 11.6. The highest BCUT2D eigenvalue weighted by Crippen LogP contribution is 2.26. The summed E-state index contributed by atoms with van der Waals surface area (Å²) in [6.07, 6.45) is -4.73. The second-order valence-electron chi connectivity index (χ2n) is 5.13. The minimum Gasteiger partial charge on any atom is -0.334 e. The quantitative estimate of drug-likeness (QED) is 0.892. The molecule has 1 heterocycles. The minimum absolute atomic E-state index is 0.139. The molecule has 1 aromatic carbocycles. The van der Waals surface area contributed by atoms with Gasteiger partial charge in [-0.2, -0.15) is 13.2 Å². The van der Waals surface area contributed by atoms with Gasteiger partial charge in [0.25, 0.3) is 5.91 Å².